The first kappa shape index (κ1) is 12.3. The number of hydrogen-bond acceptors (Lipinski definition) is 3. The maximum Gasteiger partial charge on any atom is 0.0697 e. The first-order chi connectivity index (χ1) is 7.85. The van der Waals surface area contributed by atoms with E-state index in [0.717, 1.165) is 26.2 Å². The van der Waals surface area contributed by atoms with Crippen LogP contribution in [0.5, 0.6) is 0 Å². The van der Waals surface area contributed by atoms with Gasteiger partial charge >= 0.3 is 0 Å². The molecule has 0 aromatic rings. The van der Waals surface area contributed by atoms with Crippen molar-refractivity contribution in [3.8, 4) is 0 Å². The standard InChI is InChI=1S/C13H25NO2/c1-15-9-3-2-8-14-12-5-10-16-13(11-12)6-4-7-13/h12,14H,2-11H2,1H3. The van der Waals surface area contributed by atoms with Crippen LogP contribution in [0.3, 0.4) is 0 Å². The molecule has 1 heterocycles. The molecule has 0 radical (unpaired) electrons. The first-order valence-electron chi connectivity index (χ1n) is 6.71. The van der Waals surface area contributed by atoms with E-state index in [2.05, 4.69) is 5.32 Å². The van der Waals surface area contributed by atoms with Gasteiger partial charge in [0.15, 0.2) is 0 Å². The van der Waals surface area contributed by atoms with Crippen molar-refractivity contribution in [1.29, 1.82) is 0 Å². The second-order valence-corrected chi connectivity index (χ2v) is 5.23. The predicted octanol–water partition coefficient (Wildman–Crippen LogP) is 2.10. The van der Waals surface area contributed by atoms with E-state index in [4.69, 9.17) is 9.47 Å². The van der Waals surface area contributed by atoms with Crippen LogP contribution >= 0.6 is 0 Å². The van der Waals surface area contributed by atoms with Crippen molar-refractivity contribution >= 4 is 0 Å². The van der Waals surface area contributed by atoms with Gasteiger partial charge in [0.05, 0.1) is 5.60 Å². The van der Waals surface area contributed by atoms with Crippen LogP contribution in [0.4, 0.5) is 0 Å². The minimum atomic E-state index is 0.280. The van der Waals surface area contributed by atoms with E-state index in [1.807, 2.05) is 0 Å². The highest BCUT2D eigenvalue weighted by atomic mass is 16.5. The summed E-state index contributed by atoms with van der Waals surface area (Å²) >= 11 is 0. The van der Waals surface area contributed by atoms with Gasteiger partial charge < -0.3 is 14.8 Å². The van der Waals surface area contributed by atoms with E-state index in [0.29, 0.717) is 6.04 Å². The van der Waals surface area contributed by atoms with Gasteiger partial charge in [-0.3, -0.25) is 0 Å². The summed E-state index contributed by atoms with van der Waals surface area (Å²) in [5.74, 6) is 0. The molecule has 1 N–H and O–H groups in total. The summed E-state index contributed by atoms with van der Waals surface area (Å²) in [4.78, 5) is 0. The smallest absolute Gasteiger partial charge is 0.0697 e. The Bertz CT molecular complexity index is 204. The highest BCUT2D eigenvalue weighted by Crippen LogP contribution is 2.42. The van der Waals surface area contributed by atoms with Crippen LogP contribution in [-0.2, 0) is 9.47 Å². The molecule has 2 aliphatic rings. The number of hydrogen-bond donors (Lipinski definition) is 1. The van der Waals surface area contributed by atoms with Crippen molar-refractivity contribution in [2.75, 3.05) is 26.9 Å². The summed E-state index contributed by atoms with van der Waals surface area (Å²) < 4.78 is 11.0. The number of nitrogens with one attached hydrogen (secondary N) is 1. The fourth-order valence-electron chi connectivity index (χ4n) is 2.80. The predicted molar refractivity (Wildman–Crippen MR) is 64.7 cm³/mol. The van der Waals surface area contributed by atoms with Crippen LogP contribution in [0.2, 0.25) is 0 Å². The molecular formula is C13H25NO2. The Morgan fingerprint density at radius 3 is 2.94 bits per heavy atom. The van der Waals surface area contributed by atoms with Crippen LogP contribution in [0.1, 0.15) is 44.9 Å². The molecule has 3 heteroatoms. The number of unbranched alkanes of at least 4 members (excludes halogenated alkanes) is 1. The summed E-state index contributed by atoms with van der Waals surface area (Å²) in [5, 5.41) is 3.67. The monoisotopic (exact) mass is 227 g/mol. The Morgan fingerprint density at radius 2 is 2.25 bits per heavy atom. The molecule has 1 spiro atoms. The van der Waals surface area contributed by atoms with Crippen molar-refractivity contribution in [3.63, 3.8) is 0 Å². The summed E-state index contributed by atoms with van der Waals surface area (Å²) in [7, 11) is 1.77. The third kappa shape index (κ3) is 3.19. The molecule has 2 rings (SSSR count). The lowest BCUT2D eigenvalue weighted by molar-refractivity contribution is -0.135. The lowest BCUT2D eigenvalue weighted by Gasteiger charge is -2.47. The molecule has 16 heavy (non-hydrogen) atoms. The van der Waals surface area contributed by atoms with Gasteiger partial charge in [0.1, 0.15) is 0 Å². The van der Waals surface area contributed by atoms with Crippen molar-refractivity contribution in [2.45, 2.75) is 56.6 Å². The van der Waals surface area contributed by atoms with Crippen LogP contribution in [-0.4, -0.2) is 38.5 Å². The van der Waals surface area contributed by atoms with Gasteiger partial charge in [-0.2, -0.15) is 0 Å². The Kier molecular flexibility index (Phi) is 4.62. The Labute approximate surface area is 98.9 Å². The Morgan fingerprint density at radius 1 is 1.38 bits per heavy atom. The lowest BCUT2D eigenvalue weighted by atomic mass is 9.74. The minimum absolute atomic E-state index is 0.280. The van der Waals surface area contributed by atoms with Gasteiger partial charge in [0, 0.05) is 26.4 Å². The van der Waals surface area contributed by atoms with Gasteiger partial charge in [-0.25, -0.2) is 0 Å². The van der Waals surface area contributed by atoms with E-state index in [-0.39, 0.29) is 5.60 Å². The van der Waals surface area contributed by atoms with Crippen LogP contribution < -0.4 is 5.32 Å². The molecule has 0 aromatic carbocycles. The van der Waals surface area contributed by atoms with Crippen LogP contribution in [0.15, 0.2) is 0 Å². The SMILES string of the molecule is COCCCCNC1CCOC2(CCC2)C1. The van der Waals surface area contributed by atoms with Gasteiger partial charge in [-0.1, -0.05) is 0 Å². The second kappa shape index (κ2) is 5.99. The van der Waals surface area contributed by atoms with Gasteiger partial charge in [0.2, 0.25) is 0 Å². The summed E-state index contributed by atoms with van der Waals surface area (Å²) in [6.45, 7) is 2.97. The molecule has 0 aromatic heterocycles. The molecule has 1 aliphatic carbocycles. The minimum Gasteiger partial charge on any atom is -0.385 e. The van der Waals surface area contributed by atoms with Gasteiger partial charge in [-0.05, 0) is 51.5 Å². The molecule has 94 valence electrons. The summed E-state index contributed by atoms with van der Waals surface area (Å²) in [6, 6.07) is 0.691. The van der Waals surface area contributed by atoms with Crippen molar-refractivity contribution in [3.05, 3.63) is 0 Å². The first-order valence-corrected chi connectivity index (χ1v) is 6.71. The normalized spacial score (nSPS) is 27.9. The Balaban J connectivity index is 1.58. The molecular weight excluding hydrogens is 202 g/mol. The quantitative estimate of drug-likeness (QED) is 0.705. The molecule has 1 saturated carbocycles. The van der Waals surface area contributed by atoms with Crippen molar-refractivity contribution in [1.82, 2.24) is 5.32 Å². The van der Waals surface area contributed by atoms with E-state index < -0.39 is 0 Å². The largest absolute Gasteiger partial charge is 0.385 e. The van der Waals surface area contributed by atoms with Gasteiger partial charge in [0.25, 0.3) is 0 Å². The molecule has 0 amide bonds. The van der Waals surface area contributed by atoms with Crippen molar-refractivity contribution < 1.29 is 9.47 Å². The number of rotatable bonds is 6. The zero-order valence-electron chi connectivity index (χ0n) is 10.5. The molecule has 3 nitrogen and oxygen atoms in total. The zero-order chi connectivity index (χ0) is 11.3. The van der Waals surface area contributed by atoms with Crippen molar-refractivity contribution in [2.24, 2.45) is 0 Å². The fraction of sp³-hybridized carbons (Fsp3) is 1.00. The number of ether oxygens (including phenoxy) is 2. The topological polar surface area (TPSA) is 30.5 Å². The number of methoxy groups -OCH3 is 1. The zero-order valence-corrected chi connectivity index (χ0v) is 10.5. The molecule has 1 saturated heterocycles. The van der Waals surface area contributed by atoms with Crippen LogP contribution in [0, 0.1) is 0 Å². The van der Waals surface area contributed by atoms with E-state index >= 15 is 0 Å². The van der Waals surface area contributed by atoms with Gasteiger partial charge in [-0.15, -0.1) is 0 Å². The molecule has 2 fully saturated rings. The average Bonchev–Trinajstić information content (AvgIpc) is 2.27. The molecule has 0 bridgehead atoms. The third-order valence-electron chi connectivity index (χ3n) is 3.97. The molecule has 1 aliphatic heterocycles. The summed E-state index contributed by atoms with van der Waals surface area (Å²) in [6.07, 6.45) is 8.74. The highest BCUT2D eigenvalue weighted by Gasteiger charge is 2.42. The van der Waals surface area contributed by atoms with Crippen LogP contribution in [0.25, 0.3) is 0 Å². The fourth-order valence-corrected chi connectivity index (χ4v) is 2.80. The third-order valence-corrected chi connectivity index (χ3v) is 3.97. The van der Waals surface area contributed by atoms with E-state index in [1.54, 1.807) is 7.11 Å². The average molecular weight is 227 g/mol. The van der Waals surface area contributed by atoms with E-state index in [1.165, 1.54) is 38.5 Å². The Hall–Kier alpha value is -0.120. The summed E-state index contributed by atoms with van der Waals surface area (Å²) in [5.41, 5.74) is 0.280. The second-order valence-electron chi connectivity index (χ2n) is 5.23. The molecule has 1 unspecified atom stereocenters. The highest BCUT2D eigenvalue weighted by molar-refractivity contribution is 4.95. The maximum absolute atomic E-state index is 5.92. The molecule has 1 atom stereocenters. The van der Waals surface area contributed by atoms with E-state index in [9.17, 15) is 0 Å². The lowest BCUT2D eigenvalue weighted by Crippen LogP contribution is -2.51. The maximum atomic E-state index is 5.92.